The molecule has 1 aromatic heterocycles. The number of hydrogen-bond acceptors (Lipinski definition) is 4. The van der Waals surface area contributed by atoms with Crippen LogP contribution in [0.4, 0.5) is 0 Å². The number of likely N-dealkylation sites (N-methyl/N-ethyl adjacent to an activating group) is 1. The second-order valence-electron chi connectivity index (χ2n) is 5.64. The molecule has 0 spiro atoms. The summed E-state index contributed by atoms with van der Waals surface area (Å²) in [6.45, 7) is 2.12. The molecule has 1 N–H and O–H groups in total. The predicted molar refractivity (Wildman–Crippen MR) is 91.5 cm³/mol. The van der Waals surface area contributed by atoms with Gasteiger partial charge in [0.1, 0.15) is 6.04 Å². The Kier molecular flexibility index (Phi) is 4.74. The molecule has 3 rings (SSSR count). The number of benzene rings is 1. The Morgan fingerprint density at radius 2 is 2.12 bits per heavy atom. The highest BCUT2D eigenvalue weighted by atomic mass is 16.2. The van der Waals surface area contributed by atoms with E-state index in [-0.39, 0.29) is 18.2 Å². The maximum Gasteiger partial charge on any atom is 0.249 e. The van der Waals surface area contributed by atoms with Gasteiger partial charge in [-0.05, 0) is 25.1 Å². The highest BCUT2D eigenvalue weighted by Crippen LogP contribution is 2.13. The molecule has 128 valence electrons. The first-order chi connectivity index (χ1) is 12.1. The highest BCUT2D eigenvalue weighted by molar-refractivity contribution is 6.07. The summed E-state index contributed by atoms with van der Waals surface area (Å²) in [5, 5.41) is 6.48. The fraction of sp³-hybridized carbons (Fsp3) is 0.222. The number of carbonyl (C=O) groups excluding carboxylic acids is 3. The van der Waals surface area contributed by atoms with E-state index in [0.29, 0.717) is 6.54 Å². The summed E-state index contributed by atoms with van der Waals surface area (Å²) < 4.78 is 1.71. The van der Waals surface area contributed by atoms with Crippen molar-refractivity contribution in [3.05, 3.63) is 54.4 Å². The molecule has 7 nitrogen and oxygen atoms in total. The first-order valence-electron chi connectivity index (χ1n) is 8.01. The van der Waals surface area contributed by atoms with Gasteiger partial charge in [-0.3, -0.25) is 19.7 Å². The van der Waals surface area contributed by atoms with E-state index in [9.17, 15) is 14.4 Å². The van der Waals surface area contributed by atoms with Crippen LogP contribution in [0.1, 0.15) is 18.9 Å². The molecule has 2 aromatic rings. The molecule has 3 amide bonds. The largest absolute Gasteiger partial charge is 0.327 e. The van der Waals surface area contributed by atoms with Crippen molar-refractivity contribution >= 4 is 23.8 Å². The molecule has 1 unspecified atom stereocenters. The Bertz CT molecular complexity index is 826. The van der Waals surface area contributed by atoms with Crippen molar-refractivity contribution in [3.8, 4) is 5.69 Å². The molecule has 2 heterocycles. The maximum atomic E-state index is 12.4. The van der Waals surface area contributed by atoms with Gasteiger partial charge < -0.3 is 4.90 Å². The second kappa shape index (κ2) is 7.12. The van der Waals surface area contributed by atoms with E-state index < -0.39 is 11.9 Å². The molecular weight excluding hydrogens is 320 g/mol. The molecule has 1 saturated heterocycles. The van der Waals surface area contributed by atoms with Crippen LogP contribution in [0.5, 0.6) is 0 Å². The Morgan fingerprint density at radius 1 is 1.36 bits per heavy atom. The van der Waals surface area contributed by atoms with Crippen LogP contribution in [0.3, 0.4) is 0 Å². The van der Waals surface area contributed by atoms with Crippen molar-refractivity contribution in [1.29, 1.82) is 0 Å². The van der Waals surface area contributed by atoms with Crippen molar-refractivity contribution in [3.63, 3.8) is 0 Å². The maximum absolute atomic E-state index is 12.4. The quantitative estimate of drug-likeness (QED) is 0.655. The average molecular weight is 338 g/mol. The summed E-state index contributed by atoms with van der Waals surface area (Å²) in [7, 11) is 0. The highest BCUT2D eigenvalue weighted by Gasteiger charge is 2.36. The van der Waals surface area contributed by atoms with E-state index in [1.54, 1.807) is 30.1 Å². The number of para-hydroxylation sites is 1. The first-order valence-corrected chi connectivity index (χ1v) is 8.01. The molecular formula is C18H18N4O3. The minimum atomic E-state index is -0.735. The van der Waals surface area contributed by atoms with E-state index in [0.717, 1.165) is 11.3 Å². The lowest BCUT2D eigenvalue weighted by molar-refractivity contribution is -0.135. The number of imide groups is 1. The van der Waals surface area contributed by atoms with Gasteiger partial charge in [-0.25, -0.2) is 4.68 Å². The third-order valence-electron chi connectivity index (χ3n) is 3.99. The number of nitrogens with zero attached hydrogens (tertiary/aromatic N) is 3. The lowest BCUT2D eigenvalue weighted by Crippen LogP contribution is -2.43. The van der Waals surface area contributed by atoms with Crippen molar-refractivity contribution in [2.24, 2.45) is 0 Å². The lowest BCUT2D eigenvalue weighted by atomic mass is 10.2. The summed E-state index contributed by atoms with van der Waals surface area (Å²) in [6.07, 6.45) is 6.51. The van der Waals surface area contributed by atoms with Crippen LogP contribution in [-0.4, -0.2) is 45.0 Å². The van der Waals surface area contributed by atoms with Crippen LogP contribution in [0.2, 0.25) is 0 Å². The standard InChI is InChI=1S/C18H18N4O3/c1-2-21(15-10-16(23)20-18(15)25)17(24)9-8-13-11-19-22(12-13)14-6-4-3-5-7-14/h3-9,11-12,15H,2,10H2,1H3,(H,20,23,25). The van der Waals surface area contributed by atoms with Gasteiger partial charge in [0.2, 0.25) is 17.7 Å². The van der Waals surface area contributed by atoms with E-state index in [1.807, 2.05) is 30.3 Å². The summed E-state index contributed by atoms with van der Waals surface area (Å²) in [6, 6.07) is 8.89. The number of aromatic nitrogens is 2. The van der Waals surface area contributed by atoms with Crippen LogP contribution in [-0.2, 0) is 14.4 Å². The van der Waals surface area contributed by atoms with Gasteiger partial charge in [-0.2, -0.15) is 5.10 Å². The number of hydrogen-bond donors (Lipinski definition) is 1. The van der Waals surface area contributed by atoms with Gasteiger partial charge >= 0.3 is 0 Å². The van der Waals surface area contributed by atoms with Gasteiger partial charge in [0.25, 0.3) is 0 Å². The number of amides is 3. The lowest BCUT2D eigenvalue weighted by Gasteiger charge is -2.23. The van der Waals surface area contributed by atoms with Crippen LogP contribution in [0.15, 0.2) is 48.8 Å². The molecule has 1 aliphatic heterocycles. The molecule has 0 radical (unpaired) electrons. The molecule has 0 aliphatic carbocycles. The molecule has 0 saturated carbocycles. The number of rotatable bonds is 5. The van der Waals surface area contributed by atoms with Crippen molar-refractivity contribution in [2.45, 2.75) is 19.4 Å². The van der Waals surface area contributed by atoms with Crippen molar-refractivity contribution in [1.82, 2.24) is 20.0 Å². The van der Waals surface area contributed by atoms with Crippen LogP contribution in [0.25, 0.3) is 11.8 Å². The average Bonchev–Trinajstić information content (AvgIpc) is 3.21. The fourth-order valence-electron chi connectivity index (χ4n) is 2.73. The minimum Gasteiger partial charge on any atom is -0.327 e. The Morgan fingerprint density at radius 3 is 2.76 bits per heavy atom. The monoisotopic (exact) mass is 338 g/mol. The van der Waals surface area contributed by atoms with Gasteiger partial charge in [0.15, 0.2) is 0 Å². The predicted octanol–water partition coefficient (Wildman–Crippen LogP) is 1.15. The zero-order valence-electron chi connectivity index (χ0n) is 13.8. The Hall–Kier alpha value is -3.22. The van der Waals surface area contributed by atoms with E-state index >= 15 is 0 Å². The Labute approximate surface area is 144 Å². The third kappa shape index (κ3) is 3.65. The zero-order valence-corrected chi connectivity index (χ0v) is 13.8. The van der Waals surface area contributed by atoms with Crippen LogP contribution >= 0.6 is 0 Å². The van der Waals surface area contributed by atoms with E-state index in [1.165, 1.54) is 11.0 Å². The molecule has 1 fully saturated rings. The zero-order chi connectivity index (χ0) is 17.8. The summed E-state index contributed by atoms with van der Waals surface area (Å²) in [5.41, 5.74) is 1.69. The molecule has 1 atom stereocenters. The van der Waals surface area contributed by atoms with Gasteiger partial charge in [0, 0.05) is 24.4 Å². The molecule has 7 heteroatoms. The number of carbonyl (C=O) groups is 3. The molecule has 1 aliphatic rings. The smallest absolute Gasteiger partial charge is 0.249 e. The van der Waals surface area contributed by atoms with Crippen molar-refractivity contribution in [2.75, 3.05) is 6.54 Å². The summed E-state index contributed by atoms with van der Waals surface area (Å²) in [5.74, 6) is -1.09. The van der Waals surface area contributed by atoms with Crippen LogP contribution in [0, 0.1) is 0 Å². The summed E-state index contributed by atoms with van der Waals surface area (Å²) >= 11 is 0. The SMILES string of the molecule is CCN(C(=O)C=Cc1cnn(-c2ccccc2)c1)C1CC(=O)NC1=O. The minimum absolute atomic E-state index is 0.0121. The van der Waals surface area contributed by atoms with Crippen LogP contribution < -0.4 is 5.32 Å². The number of nitrogens with one attached hydrogen (secondary N) is 1. The Balaban J connectivity index is 1.71. The molecule has 1 aromatic carbocycles. The summed E-state index contributed by atoms with van der Waals surface area (Å²) in [4.78, 5) is 36.9. The molecule has 0 bridgehead atoms. The van der Waals surface area contributed by atoms with Crippen molar-refractivity contribution < 1.29 is 14.4 Å². The second-order valence-corrected chi connectivity index (χ2v) is 5.64. The fourth-order valence-corrected chi connectivity index (χ4v) is 2.73. The van der Waals surface area contributed by atoms with Gasteiger partial charge in [-0.1, -0.05) is 18.2 Å². The van der Waals surface area contributed by atoms with E-state index in [2.05, 4.69) is 10.4 Å². The normalized spacial score (nSPS) is 17.1. The first kappa shape index (κ1) is 16.6. The van der Waals surface area contributed by atoms with Gasteiger partial charge in [-0.15, -0.1) is 0 Å². The topological polar surface area (TPSA) is 84.3 Å². The molecule has 25 heavy (non-hydrogen) atoms. The van der Waals surface area contributed by atoms with E-state index in [4.69, 9.17) is 0 Å². The van der Waals surface area contributed by atoms with Gasteiger partial charge in [0.05, 0.1) is 18.3 Å². The third-order valence-corrected chi connectivity index (χ3v) is 3.99.